The largest absolute Gasteiger partial charge is 0.354 e. The van der Waals surface area contributed by atoms with Crippen LogP contribution in [0.4, 0.5) is 20.2 Å². The molecule has 1 N–H and O–H groups in total. The molecule has 0 atom stereocenters. The number of hydrogen-bond donors (Lipinski definition) is 1. The fraction of sp³-hybridized carbons (Fsp3) is 0.0714. The highest BCUT2D eigenvalue weighted by atomic mass is 32.2. The Labute approximate surface area is 114 Å². The molecule has 2 aromatic rings. The van der Waals surface area contributed by atoms with Gasteiger partial charge in [0.25, 0.3) is 5.76 Å². The van der Waals surface area contributed by atoms with Crippen LogP contribution >= 0.6 is 11.8 Å². The molecule has 19 heavy (non-hydrogen) atoms. The second-order valence-electron chi connectivity index (χ2n) is 3.66. The van der Waals surface area contributed by atoms with E-state index in [-0.39, 0.29) is 0 Å². The van der Waals surface area contributed by atoms with Crippen LogP contribution in [0.1, 0.15) is 5.56 Å². The SMILES string of the molecule is N#Cc1ccccc1Nc1ccccc1SC(F)F. The molecule has 0 bridgehead atoms. The van der Waals surface area contributed by atoms with E-state index < -0.39 is 5.76 Å². The zero-order valence-electron chi connectivity index (χ0n) is 9.81. The number of thioether (sulfide) groups is 1. The van der Waals surface area contributed by atoms with Crippen LogP contribution in [0.5, 0.6) is 0 Å². The van der Waals surface area contributed by atoms with E-state index in [0.717, 1.165) is 0 Å². The van der Waals surface area contributed by atoms with Crippen molar-refractivity contribution in [3.8, 4) is 6.07 Å². The van der Waals surface area contributed by atoms with E-state index in [1.54, 1.807) is 48.5 Å². The highest BCUT2D eigenvalue weighted by molar-refractivity contribution is 7.99. The van der Waals surface area contributed by atoms with E-state index in [1.165, 1.54) is 0 Å². The number of hydrogen-bond acceptors (Lipinski definition) is 3. The summed E-state index contributed by atoms with van der Waals surface area (Å²) in [6, 6.07) is 15.8. The highest BCUT2D eigenvalue weighted by Crippen LogP contribution is 2.33. The highest BCUT2D eigenvalue weighted by Gasteiger charge is 2.10. The number of halogens is 2. The molecule has 5 heteroatoms. The van der Waals surface area contributed by atoms with Crippen molar-refractivity contribution in [2.24, 2.45) is 0 Å². The molecule has 0 heterocycles. The number of benzene rings is 2. The first-order valence-electron chi connectivity index (χ1n) is 5.50. The van der Waals surface area contributed by atoms with Gasteiger partial charge in [-0.2, -0.15) is 14.0 Å². The van der Waals surface area contributed by atoms with Gasteiger partial charge in [-0.25, -0.2) is 0 Å². The Kier molecular flexibility index (Phi) is 4.37. The average molecular weight is 276 g/mol. The molecule has 2 nitrogen and oxygen atoms in total. The third-order valence-corrected chi connectivity index (χ3v) is 3.21. The van der Waals surface area contributed by atoms with Crippen molar-refractivity contribution in [3.63, 3.8) is 0 Å². The minimum Gasteiger partial charge on any atom is -0.354 e. The molecule has 0 aliphatic heterocycles. The lowest BCUT2D eigenvalue weighted by molar-refractivity contribution is 0.252. The molecule has 96 valence electrons. The Morgan fingerprint density at radius 3 is 2.32 bits per heavy atom. The van der Waals surface area contributed by atoms with Gasteiger partial charge in [-0.1, -0.05) is 36.0 Å². The quantitative estimate of drug-likeness (QED) is 0.828. The molecule has 0 aliphatic carbocycles. The molecule has 0 amide bonds. The summed E-state index contributed by atoms with van der Waals surface area (Å²) >= 11 is 0.479. The number of nitriles is 1. The Morgan fingerprint density at radius 1 is 1.00 bits per heavy atom. The van der Waals surface area contributed by atoms with Gasteiger partial charge < -0.3 is 5.32 Å². The first-order valence-corrected chi connectivity index (χ1v) is 6.38. The maximum atomic E-state index is 12.5. The van der Waals surface area contributed by atoms with Crippen molar-refractivity contribution in [3.05, 3.63) is 54.1 Å². The third kappa shape index (κ3) is 3.46. The topological polar surface area (TPSA) is 35.8 Å². The van der Waals surface area contributed by atoms with Gasteiger partial charge in [-0.05, 0) is 24.3 Å². The van der Waals surface area contributed by atoms with E-state index >= 15 is 0 Å². The Balaban J connectivity index is 2.31. The van der Waals surface area contributed by atoms with Gasteiger partial charge in [0.05, 0.1) is 16.9 Å². The van der Waals surface area contributed by atoms with Crippen LogP contribution in [0, 0.1) is 11.3 Å². The second-order valence-corrected chi connectivity index (χ2v) is 4.69. The summed E-state index contributed by atoms with van der Waals surface area (Å²) < 4.78 is 24.9. The number of nitrogens with one attached hydrogen (secondary N) is 1. The van der Waals surface area contributed by atoms with Crippen LogP contribution in [0.25, 0.3) is 0 Å². The monoisotopic (exact) mass is 276 g/mol. The summed E-state index contributed by atoms with van der Waals surface area (Å²) in [6.45, 7) is 0. The van der Waals surface area contributed by atoms with Crippen LogP contribution in [-0.4, -0.2) is 5.76 Å². The third-order valence-electron chi connectivity index (χ3n) is 2.42. The van der Waals surface area contributed by atoms with Gasteiger partial charge in [-0.15, -0.1) is 0 Å². The predicted molar refractivity (Wildman–Crippen MR) is 72.7 cm³/mol. The summed E-state index contributed by atoms with van der Waals surface area (Å²) in [5.41, 5.74) is 1.64. The van der Waals surface area contributed by atoms with Crippen molar-refractivity contribution >= 4 is 23.1 Å². The predicted octanol–water partition coefficient (Wildman–Crippen LogP) is 4.62. The van der Waals surface area contributed by atoms with Gasteiger partial charge in [-0.3, -0.25) is 0 Å². The van der Waals surface area contributed by atoms with Crippen LogP contribution in [0.3, 0.4) is 0 Å². The lowest BCUT2D eigenvalue weighted by Crippen LogP contribution is -1.95. The lowest BCUT2D eigenvalue weighted by Gasteiger charge is -2.12. The average Bonchev–Trinajstić information content (AvgIpc) is 2.41. The molecular formula is C14H10F2N2S. The molecule has 0 saturated heterocycles. The van der Waals surface area contributed by atoms with Crippen molar-refractivity contribution in [1.82, 2.24) is 0 Å². The summed E-state index contributed by atoms with van der Waals surface area (Å²) in [7, 11) is 0. The summed E-state index contributed by atoms with van der Waals surface area (Å²) in [5.74, 6) is -2.48. The summed E-state index contributed by atoms with van der Waals surface area (Å²) in [6.07, 6.45) is 0. The minimum atomic E-state index is -2.48. The van der Waals surface area contributed by atoms with Crippen LogP contribution in [-0.2, 0) is 0 Å². The van der Waals surface area contributed by atoms with Gasteiger partial charge >= 0.3 is 0 Å². The minimum absolute atomic E-state index is 0.449. The maximum absolute atomic E-state index is 12.5. The summed E-state index contributed by atoms with van der Waals surface area (Å²) in [5, 5.41) is 12.0. The summed E-state index contributed by atoms with van der Waals surface area (Å²) in [4.78, 5) is 0.449. The van der Waals surface area contributed by atoms with Gasteiger partial charge in [0.2, 0.25) is 0 Å². The standard InChI is InChI=1S/C14H10F2N2S/c15-14(16)19-13-8-4-3-7-12(13)18-11-6-2-1-5-10(11)9-17/h1-8,14,18H. The first-order chi connectivity index (χ1) is 9.20. The number of anilines is 2. The molecule has 0 aliphatic rings. The van der Waals surface area contributed by atoms with Gasteiger partial charge in [0, 0.05) is 4.90 Å². The van der Waals surface area contributed by atoms with E-state index in [0.29, 0.717) is 33.6 Å². The Bertz CT molecular complexity index is 608. The Morgan fingerprint density at radius 2 is 1.63 bits per heavy atom. The molecule has 0 spiro atoms. The van der Waals surface area contributed by atoms with Gasteiger partial charge in [0.15, 0.2) is 0 Å². The molecule has 0 saturated carbocycles. The molecule has 0 fully saturated rings. The van der Waals surface area contributed by atoms with E-state index in [4.69, 9.17) is 5.26 Å². The van der Waals surface area contributed by atoms with Gasteiger partial charge in [0.1, 0.15) is 6.07 Å². The van der Waals surface area contributed by atoms with Crippen LogP contribution < -0.4 is 5.32 Å². The van der Waals surface area contributed by atoms with Crippen molar-refractivity contribution in [1.29, 1.82) is 5.26 Å². The maximum Gasteiger partial charge on any atom is 0.288 e. The Hall–Kier alpha value is -2.06. The van der Waals surface area contributed by atoms with E-state index in [2.05, 4.69) is 11.4 Å². The molecular weight excluding hydrogens is 266 g/mol. The fourth-order valence-corrected chi connectivity index (χ4v) is 2.20. The van der Waals surface area contributed by atoms with E-state index in [9.17, 15) is 8.78 Å². The van der Waals surface area contributed by atoms with Crippen molar-refractivity contribution in [2.75, 3.05) is 5.32 Å². The number of para-hydroxylation sites is 2. The lowest BCUT2D eigenvalue weighted by atomic mass is 10.2. The zero-order valence-corrected chi connectivity index (χ0v) is 10.6. The van der Waals surface area contributed by atoms with Crippen molar-refractivity contribution in [2.45, 2.75) is 10.7 Å². The number of alkyl halides is 2. The normalized spacial score (nSPS) is 10.2. The van der Waals surface area contributed by atoms with Crippen LogP contribution in [0.15, 0.2) is 53.4 Å². The molecule has 0 unspecified atom stereocenters. The molecule has 2 aromatic carbocycles. The molecule has 0 radical (unpaired) electrons. The molecule has 0 aromatic heterocycles. The number of rotatable bonds is 4. The zero-order chi connectivity index (χ0) is 13.7. The second kappa shape index (κ2) is 6.21. The first kappa shape index (κ1) is 13.4. The number of nitrogens with zero attached hydrogens (tertiary/aromatic N) is 1. The van der Waals surface area contributed by atoms with Crippen LogP contribution in [0.2, 0.25) is 0 Å². The fourth-order valence-electron chi connectivity index (χ4n) is 1.60. The van der Waals surface area contributed by atoms with Crippen molar-refractivity contribution < 1.29 is 8.78 Å². The molecule has 2 rings (SSSR count). The van der Waals surface area contributed by atoms with E-state index in [1.807, 2.05) is 0 Å². The smallest absolute Gasteiger partial charge is 0.288 e.